The van der Waals surface area contributed by atoms with Crippen molar-refractivity contribution in [2.24, 2.45) is 5.92 Å². The van der Waals surface area contributed by atoms with Gasteiger partial charge in [-0.3, -0.25) is 4.79 Å². The number of benzene rings is 1. The third kappa shape index (κ3) is 2.94. The van der Waals surface area contributed by atoms with Crippen LogP contribution in [0.1, 0.15) is 12.8 Å². The highest BCUT2D eigenvalue weighted by atomic mass is 19.1. The normalized spacial score (nSPS) is 19.9. The second-order valence-corrected chi connectivity index (χ2v) is 4.14. The highest BCUT2D eigenvalue weighted by molar-refractivity contribution is 5.93. The summed E-state index contributed by atoms with van der Waals surface area (Å²) in [6.07, 6.45) is 1.63. The first kappa shape index (κ1) is 11.9. The molecule has 2 rings (SSSR count). The predicted octanol–water partition coefficient (Wildman–Crippen LogP) is 1.77. The molecule has 5 heteroatoms. The van der Waals surface area contributed by atoms with Crippen LogP contribution in [0.2, 0.25) is 0 Å². The number of hydrogen-bond acceptors (Lipinski definition) is 3. The van der Waals surface area contributed by atoms with E-state index >= 15 is 0 Å². The fraction of sp³-hybridized carbons (Fsp3) is 0.417. The number of hydrogen-bond donors (Lipinski definition) is 2. The summed E-state index contributed by atoms with van der Waals surface area (Å²) in [4.78, 5) is 11.8. The molecule has 0 saturated carbocycles. The van der Waals surface area contributed by atoms with Gasteiger partial charge in [-0.2, -0.15) is 0 Å². The quantitative estimate of drug-likeness (QED) is 0.772. The lowest BCUT2D eigenvalue weighted by Gasteiger charge is -2.21. The van der Waals surface area contributed by atoms with Crippen LogP contribution < -0.4 is 11.1 Å². The molecule has 1 aliphatic heterocycles. The minimum absolute atomic E-state index is 0.126. The Morgan fingerprint density at radius 2 is 2.35 bits per heavy atom. The van der Waals surface area contributed by atoms with E-state index in [-0.39, 0.29) is 17.5 Å². The first-order valence-corrected chi connectivity index (χ1v) is 5.60. The average molecular weight is 238 g/mol. The molecule has 1 atom stereocenters. The van der Waals surface area contributed by atoms with Gasteiger partial charge in [0.15, 0.2) is 0 Å². The Kier molecular flexibility index (Phi) is 3.58. The summed E-state index contributed by atoms with van der Waals surface area (Å²) in [5, 5.41) is 2.55. The Morgan fingerprint density at radius 1 is 1.53 bits per heavy atom. The van der Waals surface area contributed by atoms with Gasteiger partial charge in [0.2, 0.25) is 5.91 Å². The maximum atomic E-state index is 13.4. The number of carbonyl (C=O) groups excluding carboxylic acids is 1. The van der Waals surface area contributed by atoms with Gasteiger partial charge in [-0.05, 0) is 31.0 Å². The van der Waals surface area contributed by atoms with E-state index in [1.165, 1.54) is 18.2 Å². The maximum Gasteiger partial charge on any atom is 0.229 e. The first-order chi connectivity index (χ1) is 8.16. The third-order valence-electron chi connectivity index (χ3n) is 2.78. The monoisotopic (exact) mass is 238 g/mol. The number of amides is 1. The summed E-state index contributed by atoms with van der Waals surface area (Å²) in [7, 11) is 0. The van der Waals surface area contributed by atoms with Crippen LogP contribution in [0.25, 0.3) is 0 Å². The number of halogens is 1. The fourth-order valence-electron chi connectivity index (χ4n) is 1.82. The van der Waals surface area contributed by atoms with Gasteiger partial charge in [0, 0.05) is 12.3 Å². The number of nitrogens with one attached hydrogen (secondary N) is 1. The van der Waals surface area contributed by atoms with E-state index in [0.717, 1.165) is 12.8 Å². The number of nitrogen functional groups attached to an aromatic ring is 1. The van der Waals surface area contributed by atoms with Crippen LogP contribution in [0.15, 0.2) is 18.2 Å². The lowest BCUT2D eigenvalue weighted by molar-refractivity contribution is -0.123. The average Bonchev–Trinajstić information content (AvgIpc) is 2.35. The number of carbonyl (C=O) groups is 1. The molecule has 0 spiro atoms. The van der Waals surface area contributed by atoms with Crippen molar-refractivity contribution in [3.63, 3.8) is 0 Å². The standard InChI is InChI=1S/C12H15FN2O2/c13-10-4-3-9(14)6-11(10)15-12(16)8-2-1-5-17-7-8/h3-4,6,8H,1-2,5,7,14H2,(H,15,16). The van der Waals surface area contributed by atoms with Crippen LogP contribution in [0.4, 0.5) is 15.8 Å². The summed E-state index contributed by atoms with van der Waals surface area (Å²) < 4.78 is 18.6. The second kappa shape index (κ2) is 5.14. The molecule has 1 aliphatic rings. The summed E-state index contributed by atoms with van der Waals surface area (Å²) >= 11 is 0. The highest BCUT2D eigenvalue weighted by Crippen LogP contribution is 2.20. The van der Waals surface area contributed by atoms with Gasteiger partial charge in [0.1, 0.15) is 5.82 Å². The van der Waals surface area contributed by atoms with Gasteiger partial charge < -0.3 is 15.8 Å². The molecule has 0 radical (unpaired) electrons. The zero-order chi connectivity index (χ0) is 12.3. The van der Waals surface area contributed by atoms with Crippen LogP contribution in [-0.2, 0) is 9.53 Å². The molecule has 4 nitrogen and oxygen atoms in total. The molecule has 0 bridgehead atoms. The van der Waals surface area contributed by atoms with E-state index in [9.17, 15) is 9.18 Å². The van der Waals surface area contributed by atoms with Crippen LogP contribution in [-0.4, -0.2) is 19.1 Å². The van der Waals surface area contributed by atoms with Crippen LogP contribution in [0, 0.1) is 11.7 Å². The van der Waals surface area contributed by atoms with Crippen molar-refractivity contribution in [3.05, 3.63) is 24.0 Å². The van der Waals surface area contributed by atoms with Gasteiger partial charge in [-0.1, -0.05) is 0 Å². The minimum Gasteiger partial charge on any atom is -0.399 e. The van der Waals surface area contributed by atoms with Crippen LogP contribution in [0.5, 0.6) is 0 Å². The molecule has 1 amide bonds. The van der Waals surface area contributed by atoms with E-state index in [0.29, 0.717) is 18.9 Å². The zero-order valence-corrected chi connectivity index (χ0v) is 9.41. The molecule has 1 aromatic carbocycles. The SMILES string of the molecule is Nc1ccc(F)c(NC(=O)C2CCCOC2)c1. The van der Waals surface area contributed by atoms with Crippen LogP contribution in [0.3, 0.4) is 0 Å². The van der Waals surface area contributed by atoms with Crippen molar-refractivity contribution in [1.82, 2.24) is 0 Å². The van der Waals surface area contributed by atoms with Gasteiger partial charge in [0.05, 0.1) is 18.2 Å². The number of anilines is 2. The summed E-state index contributed by atoms with van der Waals surface area (Å²) in [5.41, 5.74) is 6.08. The largest absolute Gasteiger partial charge is 0.399 e. The predicted molar refractivity (Wildman–Crippen MR) is 63.0 cm³/mol. The topological polar surface area (TPSA) is 64.3 Å². The molecule has 17 heavy (non-hydrogen) atoms. The Balaban J connectivity index is 2.04. The van der Waals surface area contributed by atoms with E-state index in [4.69, 9.17) is 10.5 Å². The number of ether oxygens (including phenoxy) is 1. The molecule has 1 heterocycles. The van der Waals surface area contributed by atoms with Crippen molar-refractivity contribution in [2.75, 3.05) is 24.3 Å². The smallest absolute Gasteiger partial charge is 0.229 e. The molecular weight excluding hydrogens is 223 g/mol. The van der Waals surface area contributed by atoms with Gasteiger partial charge in [0.25, 0.3) is 0 Å². The Morgan fingerprint density at radius 3 is 3.06 bits per heavy atom. The van der Waals surface area contributed by atoms with Crippen LogP contribution >= 0.6 is 0 Å². The third-order valence-corrected chi connectivity index (χ3v) is 2.78. The van der Waals surface area contributed by atoms with E-state index in [1.807, 2.05) is 0 Å². The van der Waals surface area contributed by atoms with E-state index in [1.54, 1.807) is 0 Å². The summed E-state index contributed by atoms with van der Waals surface area (Å²) in [6.45, 7) is 1.09. The number of rotatable bonds is 2. The molecule has 3 N–H and O–H groups in total. The fourth-order valence-corrected chi connectivity index (χ4v) is 1.82. The molecule has 1 aromatic rings. The molecular formula is C12H15FN2O2. The van der Waals surface area contributed by atoms with Crippen molar-refractivity contribution >= 4 is 17.3 Å². The Labute approximate surface area is 98.9 Å². The summed E-state index contributed by atoms with van der Waals surface area (Å²) in [6, 6.07) is 4.11. The minimum atomic E-state index is -0.482. The van der Waals surface area contributed by atoms with Crippen molar-refractivity contribution in [1.29, 1.82) is 0 Å². The lowest BCUT2D eigenvalue weighted by atomic mass is 10.0. The Hall–Kier alpha value is -1.62. The Bertz CT molecular complexity index is 417. The molecule has 0 aromatic heterocycles. The van der Waals surface area contributed by atoms with Gasteiger partial charge >= 0.3 is 0 Å². The maximum absolute atomic E-state index is 13.4. The first-order valence-electron chi connectivity index (χ1n) is 5.60. The lowest BCUT2D eigenvalue weighted by Crippen LogP contribution is -2.30. The molecule has 1 fully saturated rings. The zero-order valence-electron chi connectivity index (χ0n) is 9.41. The molecule has 1 saturated heterocycles. The second-order valence-electron chi connectivity index (χ2n) is 4.14. The summed E-state index contributed by atoms with van der Waals surface area (Å²) in [5.74, 6) is -0.900. The van der Waals surface area contributed by atoms with Crippen molar-refractivity contribution in [3.8, 4) is 0 Å². The molecule has 1 unspecified atom stereocenters. The molecule has 92 valence electrons. The van der Waals surface area contributed by atoms with E-state index in [2.05, 4.69) is 5.32 Å². The number of nitrogens with two attached hydrogens (primary N) is 1. The van der Waals surface area contributed by atoms with E-state index < -0.39 is 5.82 Å². The van der Waals surface area contributed by atoms with Gasteiger partial charge in [-0.25, -0.2) is 4.39 Å². The van der Waals surface area contributed by atoms with Gasteiger partial charge in [-0.15, -0.1) is 0 Å². The molecule has 0 aliphatic carbocycles. The van der Waals surface area contributed by atoms with Crippen molar-refractivity contribution in [2.45, 2.75) is 12.8 Å². The van der Waals surface area contributed by atoms with Crippen molar-refractivity contribution < 1.29 is 13.9 Å². The highest BCUT2D eigenvalue weighted by Gasteiger charge is 2.22.